The van der Waals surface area contributed by atoms with Crippen molar-refractivity contribution in [3.05, 3.63) is 89.7 Å². The molecule has 2 atom stereocenters. The first kappa shape index (κ1) is 29.7. The molecule has 1 aliphatic rings. The Balaban J connectivity index is 1.43. The van der Waals surface area contributed by atoms with Gasteiger partial charge in [-0.2, -0.15) is 13.2 Å². The molecule has 7 nitrogen and oxygen atoms in total. The van der Waals surface area contributed by atoms with Gasteiger partial charge in [-0.25, -0.2) is 0 Å². The predicted octanol–water partition coefficient (Wildman–Crippen LogP) is 4.10. The number of aliphatic hydroxyl groups is 1. The molecule has 3 N–H and O–H groups in total. The fourth-order valence-electron chi connectivity index (χ4n) is 4.86. The Morgan fingerprint density at radius 2 is 1.57 bits per heavy atom. The third kappa shape index (κ3) is 7.45. The summed E-state index contributed by atoms with van der Waals surface area (Å²) in [4.78, 5) is 21.2. The van der Waals surface area contributed by atoms with Gasteiger partial charge in [0.2, 0.25) is 0 Å². The number of nitrogens with two attached hydrogens (primary N) is 1. The van der Waals surface area contributed by atoms with Crippen molar-refractivity contribution in [1.29, 1.82) is 0 Å². The lowest BCUT2D eigenvalue weighted by atomic mass is 9.93. The Labute approximate surface area is 232 Å². The molecule has 0 spiro atoms. The maximum atomic E-state index is 13.2. The van der Waals surface area contributed by atoms with Gasteiger partial charge < -0.3 is 15.6 Å². The molecule has 1 saturated heterocycles. The summed E-state index contributed by atoms with van der Waals surface area (Å²) >= 11 is 0. The molecule has 2 heterocycles. The molecule has 3 aromatic rings. The summed E-state index contributed by atoms with van der Waals surface area (Å²) in [6.45, 7) is 4.99. The second-order valence-electron chi connectivity index (χ2n) is 10.3. The molecule has 1 fully saturated rings. The number of alkyl halides is 3. The smallest absolute Gasteiger partial charge is 0.421 e. The van der Waals surface area contributed by atoms with Crippen molar-refractivity contribution >= 4 is 5.97 Å². The predicted molar refractivity (Wildman–Crippen MR) is 146 cm³/mol. The molecule has 2 aromatic carbocycles. The van der Waals surface area contributed by atoms with E-state index >= 15 is 0 Å². The highest BCUT2D eigenvalue weighted by Crippen LogP contribution is 2.39. The maximum Gasteiger partial charge on any atom is 0.421 e. The molecule has 1 aliphatic heterocycles. The molecule has 0 amide bonds. The van der Waals surface area contributed by atoms with E-state index in [1.165, 1.54) is 17.7 Å². The largest absolute Gasteiger partial charge is 0.464 e. The van der Waals surface area contributed by atoms with Gasteiger partial charge in [-0.1, -0.05) is 48.5 Å². The molecule has 10 heteroatoms. The quantitative estimate of drug-likeness (QED) is 0.364. The van der Waals surface area contributed by atoms with Gasteiger partial charge in [0.15, 0.2) is 5.60 Å². The van der Waals surface area contributed by atoms with Crippen LogP contribution < -0.4 is 5.73 Å². The van der Waals surface area contributed by atoms with E-state index in [9.17, 15) is 23.1 Å². The number of esters is 1. The van der Waals surface area contributed by atoms with E-state index < -0.39 is 11.8 Å². The van der Waals surface area contributed by atoms with E-state index in [-0.39, 0.29) is 37.1 Å². The average Bonchev–Trinajstić information content (AvgIpc) is 2.94. The second-order valence-corrected chi connectivity index (χ2v) is 10.3. The molecule has 0 radical (unpaired) electrons. The summed E-state index contributed by atoms with van der Waals surface area (Å²) in [6.07, 6.45) is -0.951. The Hall–Kier alpha value is -3.31. The van der Waals surface area contributed by atoms with Gasteiger partial charge in [0, 0.05) is 57.7 Å². The molecule has 1 aromatic heterocycles. The van der Waals surface area contributed by atoms with Gasteiger partial charge >= 0.3 is 12.1 Å². The van der Waals surface area contributed by atoms with Crippen molar-refractivity contribution in [1.82, 2.24) is 14.8 Å². The first-order valence-corrected chi connectivity index (χ1v) is 13.3. The number of hydrogen-bond acceptors (Lipinski definition) is 7. The number of ether oxygens (including phenoxy) is 1. The number of benzene rings is 2. The van der Waals surface area contributed by atoms with Crippen molar-refractivity contribution in [2.24, 2.45) is 5.73 Å². The van der Waals surface area contributed by atoms with Crippen LogP contribution in [0, 0.1) is 0 Å². The van der Waals surface area contributed by atoms with Gasteiger partial charge in [-0.3, -0.25) is 19.6 Å². The number of carbonyl (C=O) groups is 1. The van der Waals surface area contributed by atoms with E-state index in [1.807, 2.05) is 36.4 Å². The Kier molecular flexibility index (Phi) is 9.57. The van der Waals surface area contributed by atoms with Crippen LogP contribution >= 0.6 is 0 Å². The monoisotopic (exact) mass is 556 g/mol. The maximum absolute atomic E-state index is 13.2. The van der Waals surface area contributed by atoms with Crippen LogP contribution in [0.4, 0.5) is 13.2 Å². The van der Waals surface area contributed by atoms with Crippen molar-refractivity contribution in [3.8, 4) is 11.1 Å². The molecule has 0 bridgehead atoms. The van der Waals surface area contributed by atoms with Gasteiger partial charge in [0.05, 0.1) is 6.42 Å². The van der Waals surface area contributed by atoms with Crippen molar-refractivity contribution in [2.75, 3.05) is 32.8 Å². The summed E-state index contributed by atoms with van der Waals surface area (Å²) in [5.74, 6) is -0.269. The topological polar surface area (TPSA) is 91.9 Å². The Bertz CT molecular complexity index is 1240. The lowest BCUT2D eigenvalue weighted by Crippen LogP contribution is -2.53. The fraction of sp³-hybridized carbons (Fsp3) is 0.400. The van der Waals surface area contributed by atoms with E-state index in [0.717, 1.165) is 43.2 Å². The zero-order valence-electron chi connectivity index (χ0n) is 22.5. The van der Waals surface area contributed by atoms with Crippen LogP contribution in [0.1, 0.15) is 30.0 Å². The van der Waals surface area contributed by atoms with E-state index in [1.54, 1.807) is 24.5 Å². The highest BCUT2D eigenvalue weighted by molar-refractivity contribution is 5.70. The number of pyridine rings is 1. The van der Waals surface area contributed by atoms with Crippen molar-refractivity contribution in [2.45, 2.75) is 44.3 Å². The third-order valence-electron chi connectivity index (χ3n) is 7.30. The lowest BCUT2D eigenvalue weighted by Gasteiger charge is -2.41. The van der Waals surface area contributed by atoms with Crippen LogP contribution in [0.15, 0.2) is 73.1 Å². The second kappa shape index (κ2) is 12.9. The number of hydrogen-bond donors (Lipinski definition) is 2. The van der Waals surface area contributed by atoms with Crippen LogP contribution in [-0.2, 0) is 28.2 Å². The molecular formula is C30H35F3N4O3. The zero-order chi connectivity index (χ0) is 28.8. The van der Waals surface area contributed by atoms with Crippen LogP contribution in [0.25, 0.3) is 11.1 Å². The van der Waals surface area contributed by atoms with E-state index in [4.69, 9.17) is 10.5 Å². The average molecular weight is 557 g/mol. The van der Waals surface area contributed by atoms with Crippen LogP contribution in [0.3, 0.4) is 0 Å². The van der Waals surface area contributed by atoms with Crippen molar-refractivity contribution < 1.29 is 27.8 Å². The molecule has 0 saturated carbocycles. The fourth-order valence-corrected chi connectivity index (χ4v) is 4.86. The van der Waals surface area contributed by atoms with Gasteiger partial charge in [0.25, 0.3) is 0 Å². The molecule has 4 rings (SSSR count). The van der Waals surface area contributed by atoms with Gasteiger partial charge in [-0.15, -0.1) is 0 Å². The number of halogens is 3. The van der Waals surface area contributed by atoms with Crippen molar-refractivity contribution in [3.63, 3.8) is 0 Å². The number of piperazine rings is 1. The number of nitrogens with zero attached hydrogens (tertiary/aromatic N) is 3. The molecule has 214 valence electrons. The lowest BCUT2D eigenvalue weighted by molar-refractivity contribution is -0.258. The minimum Gasteiger partial charge on any atom is -0.464 e. The van der Waals surface area contributed by atoms with E-state index in [0.29, 0.717) is 13.1 Å². The normalized spacial score (nSPS) is 18.3. The summed E-state index contributed by atoms with van der Waals surface area (Å²) in [5, 5.41) is 9.92. The van der Waals surface area contributed by atoms with Crippen LogP contribution in [0.2, 0.25) is 0 Å². The zero-order valence-corrected chi connectivity index (χ0v) is 22.5. The minimum atomic E-state index is -4.76. The van der Waals surface area contributed by atoms with E-state index in [2.05, 4.69) is 14.8 Å². The SMILES string of the molecule is CC(O)(c1ccc(-c2ccc(CN3CCN(Cc4ccncc4)CC3CC(=O)OCCN)cc2)cc1)C(F)(F)F. The Morgan fingerprint density at radius 1 is 0.975 bits per heavy atom. The van der Waals surface area contributed by atoms with Gasteiger partial charge in [0.1, 0.15) is 6.61 Å². The van der Waals surface area contributed by atoms with Gasteiger partial charge in [-0.05, 0) is 46.9 Å². The number of aromatic nitrogens is 1. The molecule has 0 aliphatic carbocycles. The van der Waals surface area contributed by atoms with Crippen LogP contribution in [-0.4, -0.2) is 70.9 Å². The standard InChI is InChI=1S/C30H35F3N4O3/c1-29(39,30(31,32)33)26-8-6-25(7-9-26)24-4-2-22(3-5-24)20-37-16-15-36(19-23-10-13-35-14-11-23)21-27(37)18-28(38)40-17-12-34/h2-11,13-14,27,39H,12,15-21,34H2,1H3. The summed E-state index contributed by atoms with van der Waals surface area (Å²) < 4.78 is 44.7. The number of rotatable bonds is 10. The summed E-state index contributed by atoms with van der Waals surface area (Å²) in [6, 6.07) is 17.5. The minimum absolute atomic E-state index is 0.0329. The highest BCUT2D eigenvalue weighted by Gasteiger charge is 2.51. The first-order chi connectivity index (χ1) is 19.1. The summed E-state index contributed by atoms with van der Waals surface area (Å²) in [5.41, 5.74) is 6.19. The summed E-state index contributed by atoms with van der Waals surface area (Å²) in [7, 11) is 0. The first-order valence-electron chi connectivity index (χ1n) is 13.3. The Morgan fingerprint density at radius 3 is 2.17 bits per heavy atom. The molecule has 40 heavy (non-hydrogen) atoms. The third-order valence-corrected chi connectivity index (χ3v) is 7.30. The molecular weight excluding hydrogens is 521 g/mol. The highest BCUT2D eigenvalue weighted by atomic mass is 19.4. The molecule has 2 unspecified atom stereocenters. The van der Waals surface area contributed by atoms with Crippen LogP contribution in [0.5, 0.6) is 0 Å². The number of carbonyl (C=O) groups excluding carboxylic acids is 1.